The molecule has 1 N–H and O–H groups in total. The van der Waals surface area contributed by atoms with Gasteiger partial charge in [-0.05, 0) is 24.3 Å². The van der Waals surface area contributed by atoms with Crippen molar-refractivity contribution in [1.29, 1.82) is 0 Å². The quantitative estimate of drug-likeness (QED) is 0.788. The lowest BCUT2D eigenvalue weighted by molar-refractivity contribution is -0.0506. The van der Waals surface area contributed by atoms with Gasteiger partial charge < -0.3 is 10.1 Å². The molecular formula is C17H13F2N5O. The standard InChI is InChI=1S/C17H13F2N5O/c18-16(19)25-15-6-2-1-5-12(15)14-8-13(11-4-3-7-20-9-11)23-17-21-10-22-24(14)17/h1-10,14,16H,(H,21,22,23). The van der Waals surface area contributed by atoms with E-state index in [0.717, 1.165) is 11.3 Å². The van der Waals surface area contributed by atoms with E-state index in [1.54, 1.807) is 35.3 Å². The van der Waals surface area contributed by atoms with E-state index in [1.807, 2.05) is 18.2 Å². The Kier molecular flexibility index (Phi) is 3.85. The number of para-hydroxylation sites is 1. The highest BCUT2D eigenvalue weighted by Gasteiger charge is 2.26. The highest BCUT2D eigenvalue weighted by molar-refractivity contribution is 5.76. The van der Waals surface area contributed by atoms with Crippen molar-refractivity contribution in [3.63, 3.8) is 0 Å². The number of alkyl halides is 2. The van der Waals surface area contributed by atoms with Gasteiger partial charge in [-0.25, -0.2) is 4.68 Å². The van der Waals surface area contributed by atoms with Gasteiger partial charge in [0.25, 0.3) is 0 Å². The lowest BCUT2D eigenvalue weighted by atomic mass is 10.0. The maximum atomic E-state index is 12.8. The monoisotopic (exact) mass is 341 g/mol. The maximum Gasteiger partial charge on any atom is 0.387 e. The molecule has 1 aromatic carbocycles. The zero-order valence-corrected chi connectivity index (χ0v) is 12.9. The lowest BCUT2D eigenvalue weighted by Crippen LogP contribution is -2.21. The molecule has 8 heteroatoms. The van der Waals surface area contributed by atoms with Crippen LogP contribution < -0.4 is 10.1 Å². The number of anilines is 1. The Labute approximate surface area is 141 Å². The van der Waals surface area contributed by atoms with Crippen molar-refractivity contribution in [2.45, 2.75) is 12.7 Å². The molecular weight excluding hydrogens is 328 g/mol. The van der Waals surface area contributed by atoms with Crippen molar-refractivity contribution in [3.8, 4) is 5.75 Å². The van der Waals surface area contributed by atoms with Gasteiger partial charge in [0.15, 0.2) is 0 Å². The number of ether oxygens (including phenoxy) is 1. The van der Waals surface area contributed by atoms with Gasteiger partial charge in [0.1, 0.15) is 18.1 Å². The number of fused-ring (bicyclic) bond motifs is 1. The Morgan fingerprint density at radius 1 is 1.16 bits per heavy atom. The molecule has 4 rings (SSSR count). The molecule has 1 atom stereocenters. The minimum absolute atomic E-state index is 0.104. The van der Waals surface area contributed by atoms with Gasteiger partial charge in [0, 0.05) is 29.2 Å². The van der Waals surface area contributed by atoms with Crippen molar-refractivity contribution in [2.24, 2.45) is 0 Å². The van der Waals surface area contributed by atoms with Crippen LogP contribution in [0.3, 0.4) is 0 Å². The number of nitrogens with zero attached hydrogens (tertiary/aromatic N) is 4. The average molecular weight is 341 g/mol. The van der Waals surface area contributed by atoms with Gasteiger partial charge in [-0.3, -0.25) is 4.98 Å². The summed E-state index contributed by atoms with van der Waals surface area (Å²) in [6.45, 7) is -2.90. The van der Waals surface area contributed by atoms with Gasteiger partial charge in [-0.1, -0.05) is 18.2 Å². The Morgan fingerprint density at radius 3 is 2.84 bits per heavy atom. The summed E-state index contributed by atoms with van der Waals surface area (Å²) in [5.41, 5.74) is 2.19. The number of aromatic nitrogens is 4. The fourth-order valence-electron chi connectivity index (χ4n) is 2.77. The molecule has 0 spiro atoms. The smallest absolute Gasteiger partial charge is 0.387 e. The molecule has 1 unspecified atom stereocenters. The minimum Gasteiger partial charge on any atom is -0.434 e. The summed E-state index contributed by atoms with van der Waals surface area (Å²) >= 11 is 0. The van der Waals surface area contributed by atoms with E-state index in [0.29, 0.717) is 11.5 Å². The minimum atomic E-state index is -2.90. The van der Waals surface area contributed by atoms with Crippen molar-refractivity contribution in [1.82, 2.24) is 19.7 Å². The molecule has 0 fully saturated rings. The summed E-state index contributed by atoms with van der Waals surface area (Å²) in [7, 11) is 0. The van der Waals surface area contributed by atoms with E-state index < -0.39 is 12.7 Å². The molecule has 1 aliphatic rings. The molecule has 0 amide bonds. The maximum absolute atomic E-state index is 12.8. The molecule has 0 aliphatic carbocycles. The third kappa shape index (κ3) is 2.93. The van der Waals surface area contributed by atoms with Crippen LogP contribution in [0.25, 0.3) is 5.70 Å². The van der Waals surface area contributed by atoms with Crippen molar-refractivity contribution >= 4 is 11.6 Å². The third-order valence-corrected chi connectivity index (χ3v) is 3.83. The Morgan fingerprint density at radius 2 is 2.04 bits per heavy atom. The van der Waals surface area contributed by atoms with Crippen LogP contribution in [0.2, 0.25) is 0 Å². The number of halogens is 2. The SMILES string of the molecule is FC(F)Oc1ccccc1C1C=C(c2cccnc2)Nc2ncnn21. The normalized spacial score (nSPS) is 16.1. The zero-order chi connectivity index (χ0) is 17.2. The van der Waals surface area contributed by atoms with E-state index >= 15 is 0 Å². The third-order valence-electron chi connectivity index (χ3n) is 3.83. The second-order valence-corrected chi connectivity index (χ2v) is 5.34. The molecule has 6 nitrogen and oxygen atoms in total. The van der Waals surface area contributed by atoms with Crippen LogP contribution in [0.1, 0.15) is 17.2 Å². The highest BCUT2D eigenvalue weighted by Crippen LogP contribution is 2.36. The van der Waals surface area contributed by atoms with E-state index in [-0.39, 0.29) is 5.75 Å². The first-order valence-corrected chi connectivity index (χ1v) is 7.55. The topological polar surface area (TPSA) is 64.9 Å². The predicted molar refractivity (Wildman–Crippen MR) is 87.1 cm³/mol. The van der Waals surface area contributed by atoms with E-state index in [9.17, 15) is 8.78 Å². The first kappa shape index (κ1) is 15.3. The van der Waals surface area contributed by atoms with Gasteiger partial charge in [-0.2, -0.15) is 18.9 Å². The molecule has 0 saturated heterocycles. The Bertz CT molecular complexity index is 910. The second-order valence-electron chi connectivity index (χ2n) is 5.34. The Balaban J connectivity index is 1.82. The van der Waals surface area contributed by atoms with E-state index in [4.69, 9.17) is 0 Å². The molecule has 0 radical (unpaired) electrons. The number of pyridine rings is 1. The summed E-state index contributed by atoms with van der Waals surface area (Å²) < 4.78 is 31.8. The number of benzene rings is 1. The van der Waals surface area contributed by atoms with Crippen molar-refractivity contribution in [2.75, 3.05) is 5.32 Å². The van der Waals surface area contributed by atoms with Crippen LogP contribution in [0.15, 0.2) is 61.2 Å². The number of hydrogen-bond acceptors (Lipinski definition) is 5. The number of nitrogens with one attached hydrogen (secondary N) is 1. The molecule has 0 bridgehead atoms. The fourth-order valence-corrected chi connectivity index (χ4v) is 2.77. The molecule has 0 saturated carbocycles. The first-order chi connectivity index (χ1) is 12.2. The predicted octanol–water partition coefficient (Wildman–Crippen LogP) is 3.33. The molecule has 126 valence electrons. The highest BCUT2D eigenvalue weighted by atomic mass is 19.3. The van der Waals surface area contributed by atoms with E-state index in [1.165, 1.54) is 12.4 Å². The fraction of sp³-hybridized carbons (Fsp3) is 0.118. The molecule has 3 heterocycles. The lowest BCUT2D eigenvalue weighted by Gasteiger charge is -2.25. The number of allylic oxidation sites excluding steroid dienone is 1. The molecule has 3 aromatic rings. The summed E-state index contributed by atoms with van der Waals surface area (Å²) in [4.78, 5) is 8.30. The van der Waals surface area contributed by atoms with E-state index in [2.05, 4.69) is 25.1 Å². The van der Waals surface area contributed by atoms with Gasteiger partial charge in [0.2, 0.25) is 5.95 Å². The molecule has 25 heavy (non-hydrogen) atoms. The number of rotatable bonds is 4. The van der Waals surface area contributed by atoms with Gasteiger partial charge in [-0.15, -0.1) is 0 Å². The number of hydrogen-bond donors (Lipinski definition) is 1. The summed E-state index contributed by atoms with van der Waals surface area (Å²) in [5, 5.41) is 7.38. The van der Waals surface area contributed by atoms with Crippen LogP contribution in [-0.4, -0.2) is 26.4 Å². The molecule has 2 aromatic heterocycles. The summed E-state index contributed by atoms with van der Waals surface area (Å²) in [5.74, 6) is 0.617. The Hall–Kier alpha value is -3.29. The molecule has 1 aliphatic heterocycles. The summed E-state index contributed by atoms with van der Waals surface area (Å²) in [6, 6.07) is 9.94. The van der Waals surface area contributed by atoms with Crippen LogP contribution in [0, 0.1) is 0 Å². The second kappa shape index (κ2) is 6.31. The van der Waals surface area contributed by atoms with Crippen molar-refractivity contribution in [3.05, 3.63) is 72.3 Å². The van der Waals surface area contributed by atoms with Gasteiger partial charge in [0.05, 0.1) is 0 Å². The van der Waals surface area contributed by atoms with Crippen LogP contribution >= 0.6 is 0 Å². The van der Waals surface area contributed by atoms with Crippen molar-refractivity contribution < 1.29 is 13.5 Å². The van der Waals surface area contributed by atoms with Crippen LogP contribution in [-0.2, 0) is 0 Å². The van der Waals surface area contributed by atoms with Gasteiger partial charge >= 0.3 is 6.61 Å². The van der Waals surface area contributed by atoms with Crippen LogP contribution in [0.5, 0.6) is 5.75 Å². The first-order valence-electron chi connectivity index (χ1n) is 7.55. The largest absolute Gasteiger partial charge is 0.434 e. The summed E-state index contributed by atoms with van der Waals surface area (Å²) in [6.07, 6.45) is 6.68. The zero-order valence-electron chi connectivity index (χ0n) is 12.9. The average Bonchev–Trinajstić information content (AvgIpc) is 3.10. The van der Waals surface area contributed by atoms with Crippen LogP contribution in [0.4, 0.5) is 14.7 Å².